The highest BCUT2D eigenvalue weighted by molar-refractivity contribution is 7.92. The van der Waals surface area contributed by atoms with Crippen molar-refractivity contribution in [3.05, 3.63) is 59.8 Å². The van der Waals surface area contributed by atoms with Crippen LogP contribution >= 0.6 is 11.6 Å². The minimum absolute atomic E-state index is 0.00407. The van der Waals surface area contributed by atoms with Crippen LogP contribution < -0.4 is 4.31 Å². The maximum Gasteiger partial charge on any atom is 0.282 e. The third-order valence-electron chi connectivity index (χ3n) is 3.30. The second-order valence-electron chi connectivity index (χ2n) is 4.78. The number of sulfonamides is 1. The second-order valence-corrected chi connectivity index (χ2v) is 7.16. The Morgan fingerprint density at radius 2 is 1.87 bits per heavy atom. The van der Waals surface area contributed by atoms with Crippen LogP contribution in [0, 0.1) is 0 Å². The van der Waals surface area contributed by atoms with Gasteiger partial charge >= 0.3 is 0 Å². The lowest BCUT2D eigenvalue weighted by molar-refractivity contribution is 0.589. The molecule has 0 saturated carbocycles. The molecule has 0 radical (unpaired) electrons. The number of nitrogens with one attached hydrogen (secondary N) is 1. The molecule has 6 nitrogen and oxygen atoms in total. The number of hydrogen-bond acceptors (Lipinski definition) is 4. The minimum atomic E-state index is -3.76. The lowest BCUT2D eigenvalue weighted by atomic mass is 10.2. The molecule has 23 heavy (non-hydrogen) atoms. The molecule has 8 heteroatoms. The molecule has 2 heterocycles. The predicted molar refractivity (Wildman–Crippen MR) is 88.9 cm³/mol. The Kier molecular flexibility index (Phi) is 4.06. The van der Waals surface area contributed by atoms with Gasteiger partial charge in [-0.2, -0.15) is 13.5 Å². The fourth-order valence-corrected chi connectivity index (χ4v) is 3.21. The summed E-state index contributed by atoms with van der Waals surface area (Å²) in [5, 5.41) is 7.23. The number of aromatic amines is 1. The van der Waals surface area contributed by atoms with Crippen molar-refractivity contribution in [1.29, 1.82) is 0 Å². The van der Waals surface area contributed by atoms with Crippen LogP contribution in [0.15, 0.2) is 59.8 Å². The van der Waals surface area contributed by atoms with Crippen molar-refractivity contribution < 1.29 is 8.42 Å². The first-order valence-electron chi connectivity index (χ1n) is 6.70. The van der Waals surface area contributed by atoms with Crippen molar-refractivity contribution in [3.63, 3.8) is 0 Å². The average molecular weight is 349 g/mol. The zero-order chi connectivity index (χ0) is 16.4. The van der Waals surface area contributed by atoms with Crippen molar-refractivity contribution in [2.75, 3.05) is 11.4 Å². The van der Waals surface area contributed by atoms with Gasteiger partial charge in [-0.25, -0.2) is 4.98 Å². The Labute approximate surface area is 138 Å². The van der Waals surface area contributed by atoms with Crippen molar-refractivity contribution >= 4 is 27.4 Å². The molecule has 3 aromatic rings. The van der Waals surface area contributed by atoms with Gasteiger partial charge in [0.2, 0.25) is 0 Å². The summed E-state index contributed by atoms with van der Waals surface area (Å²) in [7, 11) is -2.32. The van der Waals surface area contributed by atoms with E-state index in [1.807, 2.05) is 0 Å². The van der Waals surface area contributed by atoms with E-state index in [0.29, 0.717) is 16.5 Å². The smallest absolute Gasteiger partial charge is 0.265 e. The lowest BCUT2D eigenvalue weighted by Crippen LogP contribution is -2.27. The van der Waals surface area contributed by atoms with Gasteiger partial charge in [0, 0.05) is 29.9 Å². The number of rotatable bonds is 4. The Morgan fingerprint density at radius 1 is 1.13 bits per heavy atom. The SMILES string of the molecule is CN(c1ccccn1)S(=O)(=O)c1cc(-c2ccc(Cl)cc2)n[nH]1. The third-order valence-corrected chi connectivity index (χ3v) is 5.23. The van der Waals surface area contributed by atoms with Crippen molar-refractivity contribution in [1.82, 2.24) is 15.2 Å². The molecule has 0 amide bonds. The topological polar surface area (TPSA) is 79.0 Å². The molecule has 0 fully saturated rings. The number of pyridine rings is 1. The summed E-state index contributed by atoms with van der Waals surface area (Å²) < 4.78 is 26.4. The summed E-state index contributed by atoms with van der Waals surface area (Å²) in [5.74, 6) is 0.329. The summed E-state index contributed by atoms with van der Waals surface area (Å²) in [6, 6.07) is 13.5. The van der Waals surface area contributed by atoms with E-state index in [1.165, 1.54) is 19.3 Å². The Bertz CT molecular complexity index is 908. The van der Waals surface area contributed by atoms with E-state index in [0.717, 1.165) is 9.87 Å². The van der Waals surface area contributed by atoms with Gasteiger partial charge in [0.1, 0.15) is 5.82 Å². The number of anilines is 1. The molecule has 0 unspecified atom stereocenters. The van der Waals surface area contributed by atoms with Gasteiger partial charge in [-0.15, -0.1) is 0 Å². The molecule has 2 aromatic heterocycles. The molecule has 0 aliphatic heterocycles. The molecular weight excluding hydrogens is 336 g/mol. The Morgan fingerprint density at radius 3 is 2.52 bits per heavy atom. The highest BCUT2D eigenvalue weighted by Crippen LogP contribution is 2.24. The van der Waals surface area contributed by atoms with Gasteiger partial charge in [0.15, 0.2) is 5.03 Å². The Balaban J connectivity index is 1.94. The van der Waals surface area contributed by atoms with Crippen LogP contribution in [0.4, 0.5) is 5.82 Å². The molecule has 0 atom stereocenters. The van der Waals surface area contributed by atoms with E-state index >= 15 is 0 Å². The largest absolute Gasteiger partial charge is 0.282 e. The predicted octanol–water partition coefficient (Wildman–Crippen LogP) is 2.95. The monoisotopic (exact) mass is 348 g/mol. The summed E-state index contributed by atoms with van der Waals surface area (Å²) in [5.41, 5.74) is 1.29. The summed E-state index contributed by atoms with van der Waals surface area (Å²) in [6.45, 7) is 0. The summed E-state index contributed by atoms with van der Waals surface area (Å²) in [4.78, 5) is 4.04. The van der Waals surface area contributed by atoms with E-state index in [1.54, 1.807) is 42.5 Å². The van der Waals surface area contributed by atoms with Gasteiger partial charge in [0.25, 0.3) is 10.0 Å². The number of nitrogens with zero attached hydrogens (tertiary/aromatic N) is 3. The first kappa shape index (κ1) is 15.5. The minimum Gasteiger partial charge on any atom is -0.265 e. The van der Waals surface area contributed by atoms with Crippen LogP contribution in [-0.2, 0) is 10.0 Å². The third kappa shape index (κ3) is 3.06. The number of benzene rings is 1. The first-order chi connectivity index (χ1) is 11.0. The molecule has 0 bridgehead atoms. The van der Waals surface area contributed by atoms with Crippen LogP contribution in [0.25, 0.3) is 11.3 Å². The van der Waals surface area contributed by atoms with Gasteiger partial charge < -0.3 is 0 Å². The molecule has 1 aromatic carbocycles. The van der Waals surface area contributed by atoms with Gasteiger partial charge in [-0.3, -0.25) is 9.40 Å². The average Bonchev–Trinajstić information content (AvgIpc) is 3.06. The lowest BCUT2D eigenvalue weighted by Gasteiger charge is -2.16. The van der Waals surface area contributed by atoms with E-state index in [4.69, 9.17) is 11.6 Å². The van der Waals surface area contributed by atoms with E-state index < -0.39 is 10.0 Å². The number of H-pyrrole nitrogens is 1. The van der Waals surface area contributed by atoms with Gasteiger partial charge in [-0.05, 0) is 24.3 Å². The molecule has 0 saturated heterocycles. The fourth-order valence-electron chi connectivity index (χ4n) is 2.02. The van der Waals surface area contributed by atoms with Crippen LogP contribution in [0.5, 0.6) is 0 Å². The van der Waals surface area contributed by atoms with Crippen LogP contribution in [0.3, 0.4) is 0 Å². The summed E-state index contributed by atoms with van der Waals surface area (Å²) >= 11 is 5.85. The van der Waals surface area contributed by atoms with Gasteiger partial charge in [0.05, 0.1) is 5.69 Å². The van der Waals surface area contributed by atoms with Gasteiger partial charge in [-0.1, -0.05) is 29.8 Å². The maximum absolute atomic E-state index is 12.6. The quantitative estimate of drug-likeness (QED) is 0.786. The highest BCUT2D eigenvalue weighted by Gasteiger charge is 2.24. The van der Waals surface area contributed by atoms with Crippen LogP contribution in [0.1, 0.15) is 0 Å². The zero-order valence-corrected chi connectivity index (χ0v) is 13.7. The molecule has 0 aliphatic carbocycles. The second kappa shape index (κ2) is 6.02. The van der Waals surface area contributed by atoms with Crippen LogP contribution in [-0.4, -0.2) is 30.6 Å². The molecule has 0 spiro atoms. The molecule has 0 aliphatic rings. The fraction of sp³-hybridized carbons (Fsp3) is 0.0667. The molecule has 3 rings (SSSR count). The number of halogens is 1. The van der Waals surface area contributed by atoms with E-state index in [-0.39, 0.29) is 5.03 Å². The maximum atomic E-state index is 12.6. The van der Waals surface area contributed by atoms with Crippen molar-refractivity contribution in [2.24, 2.45) is 0 Å². The van der Waals surface area contributed by atoms with Crippen molar-refractivity contribution in [3.8, 4) is 11.3 Å². The molecule has 118 valence electrons. The normalized spacial score (nSPS) is 11.4. The van der Waals surface area contributed by atoms with E-state index in [9.17, 15) is 8.42 Å². The first-order valence-corrected chi connectivity index (χ1v) is 8.51. The highest BCUT2D eigenvalue weighted by atomic mass is 35.5. The zero-order valence-electron chi connectivity index (χ0n) is 12.1. The van der Waals surface area contributed by atoms with E-state index in [2.05, 4.69) is 15.2 Å². The standard InChI is InChI=1S/C15H13ClN4O2S/c1-20(14-4-2-3-9-17-14)23(21,22)15-10-13(18-19-15)11-5-7-12(16)8-6-11/h2-10H,1H3,(H,18,19). The van der Waals surface area contributed by atoms with Crippen LogP contribution in [0.2, 0.25) is 5.02 Å². The summed E-state index contributed by atoms with van der Waals surface area (Å²) in [6.07, 6.45) is 1.54. The van der Waals surface area contributed by atoms with Crippen molar-refractivity contribution in [2.45, 2.75) is 5.03 Å². The molecular formula is C15H13ClN4O2S. The molecule has 1 N–H and O–H groups in total. The number of hydrogen-bond donors (Lipinski definition) is 1. The number of aromatic nitrogens is 3. The Hall–Kier alpha value is -2.38.